The topological polar surface area (TPSA) is 0 Å². The van der Waals surface area contributed by atoms with E-state index in [1.54, 1.807) is 15.6 Å². The average molecular weight is 485 g/mol. The summed E-state index contributed by atoms with van der Waals surface area (Å²) < 4.78 is 0. The molecule has 0 aliphatic heterocycles. The molecule has 0 N–H and O–H groups in total. The van der Waals surface area contributed by atoms with Crippen LogP contribution in [0.5, 0.6) is 0 Å². The van der Waals surface area contributed by atoms with Crippen molar-refractivity contribution in [2.24, 2.45) is 0 Å². The summed E-state index contributed by atoms with van der Waals surface area (Å²) in [4.78, 5) is 0. The van der Waals surface area contributed by atoms with Crippen LogP contribution < -0.4 is 15.6 Å². The minimum atomic E-state index is -2.41. The number of hydrogen-bond donors (Lipinski definition) is 0. The Morgan fingerprint density at radius 3 is 0.743 bits per heavy atom. The quantitative estimate of drug-likeness (QED) is 0.220. The first-order chi connectivity index (χ1) is 16.7. The van der Waals surface area contributed by atoms with Gasteiger partial charge >= 0.3 is 0 Å². The van der Waals surface area contributed by atoms with Gasteiger partial charge in [-0.25, -0.2) is 0 Å². The highest BCUT2D eigenvalue weighted by molar-refractivity contribution is 7.13. The monoisotopic (exact) mass is 484 g/mol. The van der Waals surface area contributed by atoms with E-state index in [2.05, 4.69) is 117 Å². The maximum absolute atomic E-state index is 2.57. The minimum Gasteiger partial charge on any atom is -0.0616 e. The van der Waals surface area contributed by atoms with Crippen LogP contribution in [0.1, 0.15) is 95.7 Å². The third-order valence-corrected chi connectivity index (χ3v) is 13.7. The lowest BCUT2D eigenvalue weighted by Gasteiger charge is -2.45. The molecule has 0 saturated carbocycles. The standard InChI is InChI=1S/C34H48Si/c1-10-25-16-26(11-2)20-31(19-25)35(34(7,8)9,32-21-27(12-3)17-28(13-4)22-32)33-23-29(14-5)18-30(15-6)24-33/h16-24H,10-15H2,1-9H3. The van der Waals surface area contributed by atoms with Crippen molar-refractivity contribution in [3.63, 3.8) is 0 Å². The van der Waals surface area contributed by atoms with Gasteiger partial charge in [-0.05, 0) is 92.5 Å². The summed E-state index contributed by atoms with van der Waals surface area (Å²) >= 11 is 0. The minimum absolute atomic E-state index is 0.110. The van der Waals surface area contributed by atoms with Crippen molar-refractivity contribution in [1.82, 2.24) is 0 Å². The van der Waals surface area contributed by atoms with Crippen LogP contribution in [0.4, 0.5) is 0 Å². The number of rotatable bonds is 9. The Balaban J connectivity index is 2.59. The van der Waals surface area contributed by atoms with E-state index in [0.717, 1.165) is 38.5 Å². The highest BCUT2D eigenvalue weighted by Crippen LogP contribution is 2.37. The molecule has 0 aliphatic carbocycles. The first-order valence-electron chi connectivity index (χ1n) is 14.1. The lowest BCUT2D eigenvalue weighted by atomic mass is 10.1. The van der Waals surface area contributed by atoms with E-state index in [1.807, 2.05) is 0 Å². The average Bonchev–Trinajstić information content (AvgIpc) is 2.87. The molecule has 0 fully saturated rings. The Morgan fingerprint density at radius 1 is 0.400 bits per heavy atom. The lowest BCUT2D eigenvalue weighted by Crippen LogP contribution is -2.72. The molecule has 35 heavy (non-hydrogen) atoms. The third kappa shape index (κ3) is 5.36. The van der Waals surface area contributed by atoms with E-state index in [0.29, 0.717) is 0 Å². The van der Waals surface area contributed by atoms with E-state index in [-0.39, 0.29) is 5.04 Å². The number of aryl methyl sites for hydroxylation is 6. The van der Waals surface area contributed by atoms with Gasteiger partial charge in [0.15, 0.2) is 8.07 Å². The van der Waals surface area contributed by atoms with Crippen molar-refractivity contribution < 1.29 is 0 Å². The van der Waals surface area contributed by atoms with Gasteiger partial charge in [-0.3, -0.25) is 0 Å². The molecule has 3 rings (SSSR count). The van der Waals surface area contributed by atoms with Gasteiger partial charge in [0.1, 0.15) is 0 Å². The Kier molecular flexibility index (Phi) is 8.86. The number of hydrogen-bond acceptors (Lipinski definition) is 0. The fraction of sp³-hybridized carbons (Fsp3) is 0.471. The van der Waals surface area contributed by atoms with Crippen molar-refractivity contribution in [2.45, 2.75) is 106 Å². The van der Waals surface area contributed by atoms with Crippen molar-refractivity contribution in [3.05, 3.63) is 88.0 Å². The SMILES string of the molecule is CCc1cc(CC)cc([Si](c2cc(CC)cc(CC)c2)(c2cc(CC)cc(CC)c2)C(C)(C)C)c1. The summed E-state index contributed by atoms with van der Waals surface area (Å²) in [6, 6.07) is 22.8. The van der Waals surface area contributed by atoms with E-state index in [4.69, 9.17) is 0 Å². The Labute approximate surface area is 217 Å². The van der Waals surface area contributed by atoms with Gasteiger partial charge in [-0.2, -0.15) is 0 Å². The molecular formula is C34H48Si. The zero-order valence-electron chi connectivity index (χ0n) is 23.9. The van der Waals surface area contributed by atoms with Gasteiger partial charge in [0.2, 0.25) is 0 Å². The van der Waals surface area contributed by atoms with Crippen molar-refractivity contribution in [3.8, 4) is 0 Å². The summed E-state index contributed by atoms with van der Waals surface area (Å²) in [6.07, 6.45) is 6.50. The molecule has 0 aromatic heterocycles. The predicted octanol–water partition coefficient (Wildman–Crippen LogP) is 7.33. The second kappa shape index (κ2) is 11.3. The predicted molar refractivity (Wildman–Crippen MR) is 160 cm³/mol. The van der Waals surface area contributed by atoms with Crippen LogP contribution in [-0.4, -0.2) is 8.07 Å². The molecule has 0 atom stereocenters. The summed E-state index contributed by atoms with van der Waals surface area (Å²) in [7, 11) is -2.41. The Bertz CT molecular complexity index is 944. The smallest absolute Gasteiger partial charge is 0.0616 e. The molecule has 3 aromatic carbocycles. The zero-order valence-corrected chi connectivity index (χ0v) is 24.9. The molecule has 0 saturated heterocycles. The van der Waals surface area contributed by atoms with Crippen LogP contribution in [0.15, 0.2) is 54.6 Å². The third-order valence-electron chi connectivity index (χ3n) is 8.03. The normalized spacial score (nSPS) is 12.3. The summed E-state index contributed by atoms with van der Waals surface area (Å²) in [5, 5.41) is 4.88. The van der Waals surface area contributed by atoms with Crippen molar-refractivity contribution >= 4 is 23.6 Å². The summed E-state index contributed by atoms with van der Waals surface area (Å²) in [6.45, 7) is 21.4. The van der Waals surface area contributed by atoms with E-state index in [9.17, 15) is 0 Å². The fourth-order valence-electron chi connectivity index (χ4n) is 5.96. The van der Waals surface area contributed by atoms with Gasteiger partial charge in [0.25, 0.3) is 0 Å². The highest BCUT2D eigenvalue weighted by Gasteiger charge is 2.49. The van der Waals surface area contributed by atoms with E-state index < -0.39 is 8.07 Å². The fourth-order valence-corrected chi connectivity index (χ4v) is 12.0. The van der Waals surface area contributed by atoms with Gasteiger partial charge in [-0.15, -0.1) is 0 Å². The maximum Gasteiger partial charge on any atom is 0.153 e. The first kappa shape index (κ1) is 27.5. The molecular weight excluding hydrogens is 436 g/mol. The molecule has 188 valence electrons. The van der Waals surface area contributed by atoms with Crippen LogP contribution in [0.2, 0.25) is 5.04 Å². The van der Waals surface area contributed by atoms with E-state index in [1.165, 1.54) is 33.4 Å². The van der Waals surface area contributed by atoms with Crippen LogP contribution >= 0.6 is 0 Å². The molecule has 0 unspecified atom stereocenters. The van der Waals surface area contributed by atoms with Crippen molar-refractivity contribution in [1.29, 1.82) is 0 Å². The zero-order chi connectivity index (χ0) is 25.8. The van der Waals surface area contributed by atoms with Gasteiger partial charge < -0.3 is 0 Å². The second-order valence-corrected chi connectivity index (χ2v) is 16.0. The number of benzene rings is 3. The molecule has 0 bridgehead atoms. The molecule has 0 amide bonds. The van der Waals surface area contributed by atoms with Gasteiger partial charge in [0, 0.05) is 0 Å². The Morgan fingerprint density at radius 2 is 0.600 bits per heavy atom. The van der Waals surface area contributed by atoms with Crippen LogP contribution in [0.25, 0.3) is 0 Å². The van der Waals surface area contributed by atoms with Crippen LogP contribution in [0.3, 0.4) is 0 Å². The van der Waals surface area contributed by atoms with E-state index >= 15 is 0 Å². The first-order valence-corrected chi connectivity index (χ1v) is 16.1. The van der Waals surface area contributed by atoms with Crippen LogP contribution in [0, 0.1) is 0 Å². The maximum atomic E-state index is 2.57. The largest absolute Gasteiger partial charge is 0.153 e. The molecule has 0 heterocycles. The molecule has 0 spiro atoms. The molecule has 0 radical (unpaired) electrons. The summed E-state index contributed by atoms with van der Waals surface area (Å²) in [5.74, 6) is 0. The highest BCUT2D eigenvalue weighted by atomic mass is 28.3. The molecule has 0 nitrogen and oxygen atoms in total. The molecule has 0 aliphatic rings. The van der Waals surface area contributed by atoms with Gasteiger partial charge in [0.05, 0.1) is 0 Å². The van der Waals surface area contributed by atoms with Gasteiger partial charge in [-0.1, -0.05) is 117 Å². The molecule has 3 aromatic rings. The Hall–Kier alpha value is -2.12. The van der Waals surface area contributed by atoms with Crippen LogP contribution in [-0.2, 0) is 38.5 Å². The summed E-state index contributed by atoms with van der Waals surface area (Å²) in [5.41, 5.74) is 8.86. The lowest BCUT2D eigenvalue weighted by molar-refractivity contribution is 0.739. The second-order valence-electron chi connectivity index (χ2n) is 11.2. The molecule has 1 heteroatoms. The van der Waals surface area contributed by atoms with Crippen molar-refractivity contribution in [2.75, 3.05) is 0 Å².